The summed E-state index contributed by atoms with van der Waals surface area (Å²) in [7, 11) is 1.58. The van der Waals surface area contributed by atoms with E-state index in [2.05, 4.69) is 10.3 Å². The van der Waals surface area contributed by atoms with Gasteiger partial charge in [-0.3, -0.25) is 19.7 Å². The highest BCUT2D eigenvalue weighted by molar-refractivity contribution is 6.15. The van der Waals surface area contributed by atoms with E-state index in [1.807, 2.05) is 13.0 Å². The molecule has 0 bridgehead atoms. The van der Waals surface area contributed by atoms with Gasteiger partial charge in [-0.15, -0.1) is 0 Å². The van der Waals surface area contributed by atoms with Crippen LogP contribution >= 0.6 is 0 Å². The lowest BCUT2D eigenvalue weighted by atomic mass is 10.1. The van der Waals surface area contributed by atoms with Crippen LogP contribution in [0.25, 0.3) is 17.0 Å². The molecule has 1 aliphatic rings. The molecule has 0 fully saturated rings. The molecule has 1 aromatic heterocycles. The highest BCUT2D eigenvalue weighted by atomic mass is 16.3. The minimum Gasteiger partial charge on any atom is -0.463 e. The first kappa shape index (κ1) is 15.7. The molecule has 2 amide bonds. The number of carbonyl (C=O) groups is 2. The monoisotopic (exact) mass is 325 g/mol. The van der Waals surface area contributed by atoms with E-state index >= 15 is 0 Å². The molecule has 0 saturated carbocycles. The average molecular weight is 325 g/mol. The molecule has 2 heterocycles. The zero-order chi connectivity index (χ0) is 17.4. The molecule has 7 nitrogen and oxygen atoms in total. The largest absolute Gasteiger partial charge is 0.463 e. The number of nitrogens with zero attached hydrogens (tertiary/aromatic N) is 2. The van der Waals surface area contributed by atoms with Gasteiger partial charge in [0.15, 0.2) is 5.43 Å². The van der Waals surface area contributed by atoms with Crippen LogP contribution in [0, 0.1) is 6.92 Å². The van der Waals surface area contributed by atoms with Crippen LogP contribution in [0.1, 0.15) is 18.1 Å². The number of aliphatic imine (C=N–C) groups is 1. The molecule has 0 radical (unpaired) electrons. The second-order valence-corrected chi connectivity index (χ2v) is 5.53. The number of amides is 2. The summed E-state index contributed by atoms with van der Waals surface area (Å²) in [5, 5.41) is 2.91. The average Bonchev–Trinajstić information content (AvgIpc) is 2.77. The summed E-state index contributed by atoms with van der Waals surface area (Å²) in [5.74, 6) is -0.750. The van der Waals surface area contributed by atoms with Gasteiger partial charge in [0.2, 0.25) is 11.9 Å². The Balaban J connectivity index is 2.05. The fourth-order valence-electron chi connectivity index (χ4n) is 2.42. The van der Waals surface area contributed by atoms with Crippen LogP contribution in [0.4, 0.5) is 0 Å². The first-order valence-electron chi connectivity index (χ1n) is 7.25. The predicted octanol–water partition coefficient (Wildman–Crippen LogP) is 1.41. The number of hydrogen-bond acceptors (Lipinski definition) is 5. The van der Waals surface area contributed by atoms with Crippen LogP contribution < -0.4 is 10.7 Å². The second kappa shape index (κ2) is 5.77. The lowest BCUT2D eigenvalue weighted by Crippen LogP contribution is -2.37. The molecule has 122 valence electrons. The molecule has 0 aliphatic carbocycles. The van der Waals surface area contributed by atoms with Crippen molar-refractivity contribution in [1.82, 2.24) is 10.2 Å². The van der Waals surface area contributed by atoms with Crippen LogP contribution in [0.5, 0.6) is 0 Å². The molecule has 1 N–H and O–H groups in total. The van der Waals surface area contributed by atoms with Gasteiger partial charge in [0.05, 0.1) is 10.9 Å². The zero-order valence-corrected chi connectivity index (χ0v) is 13.4. The van der Waals surface area contributed by atoms with Crippen molar-refractivity contribution in [1.29, 1.82) is 0 Å². The van der Waals surface area contributed by atoms with Crippen molar-refractivity contribution >= 4 is 34.8 Å². The standard InChI is InChI=1S/C17H15N3O4/c1-9-4-5-14-12(6-9)15(22)11(8-24-14)7-13-16(23)19-17(20(13)3)18-10(2)21/h4-8H,1-3H3,(H,18,19,21,23). The molecular formula is C17H15N3O4. The Hall–Kier alpha value is -3.22. The Morgan fingerprint density at radius 1 is 1.33 bits per heavy atom. The summed E-state index contributed by atoms with van der Waals surface area (Å²) in [5.41, 5.74) is 1.60. The van der Waals surface area contributed by atoms with Crippen LogP contribution in [0.3, 0.4) is 0 Å². The zero-order valence-electron chi connectivity index (χ0n) is 13.4. The maximum Gasteiger partial charge on any atom is 0.296 e. The van der Waals surface area contributed by atoms with Crippen LogP contribution in [-0.4, -0.2) is 29.7 Å². The SMILES string of the molecule is CC(=O)NC1=NC(=O)C(=Cc2coc3ccc(C)cc3c2=O)N1C. The molecule has 7 heteroatoms. The second-order valence-electron chi connectivity index (χ2n) is 5.53. The summed E-state index contributed by atoms with van der Waals surface area (Å²) in [6.45, 7) is 3.20. The Labute approximate surface area is 137 Å². The number of likely N-dealkylation sites (N-methyl/N-ethyl adjacent to an activating group) is 1. The quantitative estimate of drug-likeness (QED) is 0.800. The molecule has 0 saturated heterocycles. The summed E-state index contributed by atoms with van der Waals surface area (Å²) in [4.78, 5) is 40.9. The molecule has 1 aromatic carbocycles. The van der Waals surface area contributed by atoms with Gasteiger partial charge in [0.1, 0.15) is 17.5 Å². The van der Waals surface area contributed by atoms with Gasteiger partial charge in [0, 0.05) is 14.0 Å². The summed E-state index contributed by atoms with van der Waals surface area (Å²) in [6, 6.07) is 5.32. The van der Waals surface area contributed by atoms with Crippen molar-refractivity contribution in [3.8, 4) is 0 Å². The lowest BCUT2D eigenvalue weighted by molar-refractivity contribution is -0.117. The highest BCUT2D eigenvalue weighted by Gasteiger charge is 2.27. The van der Waals surface area contributed by atoms with Gasteiger partial charge < -0.3 is 9.32 Å². The third-order valence-electron chi connectivity index (χ3n) is 3.64. The van der Waals surface area contributed by atoms with E-state index in [9.17, 15) is 14.4 Å². The molecule has 3 rings (SSSR count). The number of guanidine groups is 1. The van der Waals surface area contributed by atoms with Gasteiger partial charge in [-0.2, -0.15) is 4.99 Å². The van der Waals surface area contributed by atoms with E-state index in [4.69, 9.17) is 4.42 Å². The minimum absolute atomic E-state index is 0.125. The lowest BCUT2D eigenvalue weighted by Gasteiger charge is -2.14. The normalized spacial score (nSPS) is 16.0. The maximum atomic E-state index is 12.6. The highest BCUT2D eigenvalue weighted by Crippen LogP contribution is 2.18. The number of carbonyl (C=O) groups excluding carboxylic acids is 2. The topological polar surface area (TPSA) is 92.0 Å². The van der Waals surface area contributed by atoms with Gasteiger partial charge in [-0.25, -0.2) is 0 Å². The third-order valence-corrected chi connectivity index (χ3v) is 3.64. The molecule has 1 aliphatic heterocycles. The molecule has 2 aromatic rings. The van der Waals surface area contributed by atoms with Crippen molar-refractivity contribution in [2.45, 2.75) is 13.8 Å². The summed E-state index contributed by atoms with van der Waals surface area (Å²) in [6.07, 6.45) is 2.72. The summed E-state index contributed by atoms with van der Waals surface area (Å²) < 4.78 is 5.47. The first-order chi connectivity index (χ1) is 11.4. The van der Waals surface area contributed by atoms with Gasteiger partial charge in [-0.05, 0) is 25.1 Å². The van der Waals surface area contributed by atoms with Crippen LogP contribution in [0.15, 0.2) is 44.4 Å². The van der Waals surface area contributed by atoms with E-state index < -0.39 is 5.91 Å². The summed E-state index contributed by atoms with van der Waals surface area (Å²) >= 11 is 0. The van der Waals surface area contributed by atoms with Gasteiger partial charge in [0.25, 0.3) is 5.91 Å². The number of nitrogens with one attached hydrogen (secondary N) is 1. The van der Waals surface area contributed by atoms with Crippen molar-refractivity contribution in [2.75, 3.05) is 7.05 Å². The van der Waals surface area contributed by atoms with Crippen molar-refractivity contribution < 1.29 is 14.0 Å². The van der Waals surface area contributed by atoms with E-state index in [1.54, 1.807) is 19.2 Å². The maximum absolute atomic E-state index is 12.6. The minimum atomic E-state index is -0.537. The predicted molar refractivity (Wildman–Crippen MR) is 89.2 cm³/mol. The Kier molecular flexibility index (Phi) is 3.76. The number of hydrogen-bond donors (Lipinski definition) is 1. The molecule has 0 spiro atoms. The van der Waals surface area contributed by atoms with E-state index in [-0.39, 0.29) is 28.6 Å². The van der Waals surface area contributed by atoms with E-state index in [0.29, 0.717) is 11.0 Å². The van der Waals surface area contributed by atoms with Crippen LogP contribution in [-0.2, 0) is 9.59 Å². The molecule has 24 heavy (non-hydrogen) atoms. The fraction of sp³-hybridized carbons (Fsp3) is 0.176. The fourth-order valence-corrected chi connectivity index (χ4v) is 2.42. The Morgan fingerprint density at radius 3 is 2.79 bits per heavy atom. The number of rotatable bonds is 1. The third kappa shape index (κ3) is 2.71. The van der Waals surface area contributed by atoms with Crippen molar-refractivity contribution in [3.63, 3.8) is 0 Å². The molecule has 0 unspecified atom stereocenters. The van der Waals surface area contributed by atoms with Gasteiger partial charge in [-0.1, -0.05) is 11.6 Å². The number of benzene rings is 1. The number of fused-ring (bicyclic) bond motifs is 1. The van der Waals surface area contributed by atoms with Crippen LogP contribution in [0.2, 0.25) is 0 Å². The smallest absolute Gasteiger partial charge is 0.296 e. The van der Waals surface area contributed by atoms with Crippen molar-refractivity contribution in [3.05, 3.63) is 51.5 Å². The van der Waals surface area contributed by atoms with Crippen molar-refractivity contribution in [2.24, 2.45) is 4.99 Å². The Morgan fingerprint density at radius 2 is 2.08 bits per heavy atom. The Bertz CT molecular complexity index is 985. The molecular weight excluding hydrogens is 310 g/mol. The number of aryl methyl sites for hydroxylation is 1. The van der Waals surface area contributed by atoms with Gasteiger partial charge >= 0.3 is 0 Å². The van der Waals surface area contributed by atoms with E-state index in [1.165, 1.54) is 24.2 Å². The van der Waals surface area contributed by atoms with E-state index in [0.717, 1.165) is 5.56 Å². The first-order valence-corrected chi connectivity index (χ1v) is 7.25. The molecule has 0 atom stereocenters.